The SMILES string of the molecule is CC(C)C(NC(=O)CNC(=O)C(Cc1ccccc1)NC(=O)C(N)Cc1ccccc1)C(=O)NCC(=O)NCC(=O)NC(CCC(=O)O)C(=O)O. The number of aliphatic carboxylic acids is 2. The van der Waals surface area contributed by atoms with Crippen LogP contribution in [0.3, 0.4) is 0 Å². The number of nitrogens with one attached hydrogen (secondary N) is 6. The third kappa shape index (κ3) is 15.9. The molecule has 0 heterocycles. The predicted molar refractivity (Wildman–Crippen MR) is 182 cm³/mol. The normalized spacial score (nSPS) is 13.0. The number of nitrogens with two attached hydrogens (primary N) is 1. The first-order chi connectivity index (χ1) is 24.2. The summed E-state index contributed by atoms with van der Waals surface area (Å²) in [4.78, 5) is 98.0. The predicted octanol–water partition coefficient (Wildman–Crippen LogP) is -1.79. The van der Waals surface area contributed by atoms with Gasteiger partial charge in [0, 0.05) is 12.8 Å². The Kier molecular flexibility index (Phi) is 17.3. The molecule has 0 saturated carbocycles. The Labute approximate surface area is 294 Å². The van der Waals surface area contributed by atoms with Gasteiger partial charge in [-0.1, -0.05) is 74.5 Å². The lowest BCUT2D eigenvalue weighted by Gasteiger charge is -2.23. The molecule has 2 aromatic rings. The van der Waals surface area contributed by atoms with Gasteiger partial charge in [0.1, 0.15) is 18.1 Å². The highest BCUT2D eigenvalue weighted by atomic mass is 16.4. The van der Waals surface area contributed by atoms with E-state index >= 15 is 0 Å². The van der Waals surface area contributed by atoms with Crippen LogP contribution in [0, 0.1) is 5.92 Å². The fourth-order valence-corrected chi connectivity index (χ4v) is 4.64. The number of carboxylic acid groups (broad SMARTS) is 2. The summed E-state index contributed by atoms with van der Waals surface area (Å²) in [5.41, 5.74) is 7.71. The first-order valence-corrected chi connectivity index (χ1v) is 16.2. The van der Waals surface area contributed by atoms with Gasteiger partial charge in [-0.05, 0) is 29.9 Å². The van der Waals surface area contributed by atoms with E-state index in [0.717, 1.165) is 11.1 Å². The van der Waals surface area contributed by atoms with Crippen molar-refractivity contribution in [2.75, 3.05) is 19.6 Å². The largest absolute Gasteiger partial charge is 0.481 e. The van der Waals surface area contributed by atoms with E-state index in [0.29, 0.717) is 0 Å². The van der Waals surface area contributed by atoms with Crippen molar-refractivity contribution in [3.8, 4) is 0 Å². The molecule has 17 heteroatoms. The quantitative estimate of drug-likeness (QED) is 0.0697. The molecule has 0 fully saturated rings. The van der Waals surface area contributed by atoms with Crippen molar-refractivity contribution in [2.45, 2.75) is 63.7 Å². The van der Waals surface area contributed by atoms with Crippen LogP contribution in [-0.4, -0.2) is 101 Å². The second-order valence-corrected chi connectivity index (χ2v) is 11.9. The fourth-order valence-electron chi connectivity index (χ4n) is 4.64. The number of rotatable bonds is 21. The van der Waals surface area contributed by atoms with Crippen molar-refractivity contribution in [3.63, 3.8) is 0 Å². The maximum absolute atomic E-state index is 13.2. The minimum Gasteiger partial charge on any atom is -0.481 e. The fraction of sp³-hybridized carbons (Fsp3) is 0.412. The first-order valence-electron chi connectivity index (χ1n) is 16.2. The zero-order valence-electron chi connectivity index (χ0n) is 28.3. The molecule has 0 aromatic heterocycles. The third-order valence-corrected chi connectivity index (χ3v) is 7.39. The summed E-state index contributed by atoms with van der Waals surface area (Å²) in [6.07, 6.45) is -0.494. The van der Waals surface area contributed by atoms with Crippen LogP contribution in [0.25, 0.3) is 0 Å². The lowest BCUT2D eigenvalue weighted by Crippen LogP contribution is -2.56. The van der Waals surface area contributed by atoms with Gasteiger partial charge >= 0.3 is 11.9 Å². The summed E-state index contributed by atoms with van der Waals surface area (Å²) in [5, 5.41) is 32.2. The molecule has 0 aliphatic heterocycles. The number of carbonyl (C=O) groups excluding carboxylic acids is 6. The Morgan fingerprint density at radius 3 is 1.67 bits per heavy atom. The number of carboxylic acids is 2. The lowest BCUT2D eigenvalue weighted by atomic mass is 10.0. The molecule has 0 spiro atoms. The van der Waals surface area contributed by atoms with Crippen LogP contribution in [0.15, 0.2) is 60.7 Å². The van der Waals surface area contributed by atoms with Crippen LogP contribution in [0.5, 0.6) is 0 Å². The Bertz CT molecular complexity index is 1520. The summed E-state index contributed by atoms with van der Waals surface area (Å²) in [6.45, 7) is 1.52. The topological polar surface area (TPSA) is 275 Å². The zero-order valence-corrected chi connectivity index (χ0v) is 28.3. The number of amides is 6. The van der Waals surface area contributed by atoms with E-state index in [1.807, 2.05) is 30.3 Å². The van der Waals surface area contributed by atoms with E-state index < -0.39 is 104 Å². The van der Waals surface area contributed by atoms with Gasteiger partial charge in [0.05, 0.1) is 25.7 Å². The molecule has 4 atom stereocenters. The Morgan fingerprint density at radius 1 is 0.608 bits per heavy atom. The van der Waals surface area contributed by atoms with Crippen LogP contribution in [0.4, 0.5) is 0 Å². The van der Waals surface area contributed by atoms with Gasteiger partial charge in [-0.2, -0.15) is 0 Å². The van der Waals surface area contributed by atoms with E-state index in [-0.39, 0.29) is 19.3 Å². The minimum atomic E-state index is -1.47. The summed E-state index contributed by atoms with van der Waals surface area (Å²) in [6, 6.07) is 13.5. The standard InChI is InChI=1S/C34H45N7O10/c1-20(2)30(33(49)38-17-26(42)36-18-27(43)39-24(34(50)51)13-14-29(45)46)41-28(44)19-37-32(48)25(16-22-11-7-4-8-12-22)40-31(47)23(35)15-21-9-5-3-6-10-21/h3-12,20,23-25,30H,13-19,35H2,1-2H3,(H,36,42)(H,37,48)(H,38,49)(H,39,43)(H,40,47)(H,41,44)(H,45,46)(H,50,51). The summed E-state index contributed by atoms with van der Waals surface area (Å²) in [7, 11) is 0. The van der Waals surface area contributed by atoms with Crippen molar-refractivity contribution in [2.24, 2.45) is 11.7 Å². The number of hydrogen-bond donors (Lipinski definition) is 9. The van der Waals surface area contributed by atoms with Gasteiger partial charge in [-0.3, -0.25) is 33.6 Å². The molecule has 0 bridgehead atoms. The van der Waals surface area contributed by atoms with Crippen LogP contribution < -0.4 is 37.6 Å². The van der Waals surface area contributed by atoms with Gasteiger partial charge in [-0.25, -0.2) is 4.79 Å². The molecule has 10 N–H and O–H groups in total. The van der Waals surface area contributed by atoms with Crippen LogP contribution in [0.1, 0.15) is 37.8 Å². The molecule has 17 nitrogen and oxygen atoms in total. The Hall–Kier alpha value is -5.84. The summed E-state index contributed by atoms with van der Waals surface area (Å²) < 4.78 is 0. The van der Waals surface area contributed by atoms with Crippen LogP contribution >= 0.6 is 0 Å². The molecule has 6 amide bonds. The number of carbonyl (C=O) groups is 8. The van der Waals surface area contributed by atoms with Gasteiger partial charge in [-0.15, -0.1) is 0 Å². The molecule has 0 radical (unpaired) electrons. The van der Waals surface area contributed by atoms with E-state index in [1.54, 1.807) is 44.2 Å². The van der Waals surface area contributed by atoms with Crippen molar-refractivity contribution < 1.29 is 48.6 Å². The minimum absolute atomic E-state index is 0.115. The lowest BCUT2D eigenvalue weighted by molar-refractivity contribution is -0.143. The molecular weight excluding hydrogens is 666 g/mol. The van der Waals surface area contributed by atoms with Gasteiger partial charge in [0.15, 0.2) is 0 Å². The van der Waals surface area contributed by atoms with E-state index in [9.17, 15) is 38.4 Å². The second kappa shape index (κ2) is 21.3. The molecule has 0 saturated heterocycles. The van der Waals surface area contributed by atoms with E-state index in [1.165, 1.54) is 0 Å². The maximum Gasteiger partial charge on any atom is 0.326 e. The molecule has 51 heavy (non-hydrogen) atoms. The average Bonchev–Trinajstić information content (AvgIpc) is 3.09. The van der Waals surface area contributed by atoms with Gasteiger partial charge in [0.2, 0.25) is 35.4 Å². The Balaban J connectivity index is 1.90. The highest BCUT2D eigenvalue weighted by Gasteiger charge is 2.28. The van der Waals surface area contributed by atoms with Crippen molar-refractivity contribution in [3.05, 3.63) is 71.8 Å². The first kappa shape index (κ1) is 41.3. The highest BCUT2D eigenvalue weighted by molar-refractivity contribution is 5.95. The number of benzene rings is 2. The van der Waals surface area contributed by atoms with Crippen molar-refractivity contribution >= 4 is 47.4 Å². The third-order valence-electron chi connectivity index (χ3n) is 7.39. The van der Waals surface area contributed by atoms with E-state index in [2.05, 4.69) is 31.9 Å². The molecule has 0 aliphatic rings. The van der Waals surface area contributed by atoms with Crippen LogP contribution in [-0.2, 0) is 51.2 Å². The maximum atomic E-state index is 13.2. The second-order valence-electron chi connectivity index (χ2n) is 11.9. The monoisotopic (exact) mass is 711 g/mol. The molecule has 2 aromatic carbocycles. The molecule has 276 valence electrons. The van der Waals surface area contributed by atoms with Crippen molar-refractivity contribution in [1.82, 2.24) is 31.9 Å². The van der Waals surface area contributed by atoms with E-state index in [4.69, 9.17) is 15.9 Å². The highest BCUT2D eigenvalue weighted by Crippen LogP contribution is 2.07. The van der Waals surface area contributed by atoms with Gasteiger partial charge in [0.25, 0.3) is 0 Å². The smallest absolute Gasteiger partial charge is 0.326 e. The van der Waals surface area contributed by atoms with Crippen LogP contribution in [0.2, 0.25) is 0 Å². The molecule has 0 aliphatic carbocycles. The Morgan fingerprint density at radius 2 is 1.12 bits per heavy atom. The average molecular weight is 712 g/mol. The molecular formula is C34H45N7O10. The number of hydrogen-bond acceptors (Lipinski definition) is 9. The zero-order chi connectivity index (χ0) is 37.9. The van der Waals surface area contributed by atoms with Gasteiger partial charge < -0.3 is 47.8 Å². The molecule has 4 unspecified atom stereocenters. The summed E-state index contributed by atoms with van der Waals surface area (Å²) in [5.74, 6) is -7.48. The van der Waals surface area contributed by atoms with Crippen molar-refractivity contribution in [1.29, 1.82) is 0 Å². The summed E-state index contributed by atoms with van der Waals surface area (Å²) >= 11 is 0. The molecule has 2 rings (SSSR count).